The van der Waals surface area contributed by atoms with Crippen LogP contribution in [0, 0.1) is 17.8 Å². The van der Waals surface area contributed by atoms with Crippen molar-refractivity contribution in [2.75, 3.05) is 6.54 Å². The van der Waals surface area contributed by atoms with Gasteiger partial charge in [0.25, 0.3) is 0 Å². The van der Waals surface area contributed by atoms with E-state index in [1.807, 2.05) is 48.5 Å². The van der Waals surface area contributed by atoms with Crippen molar-refractivity contribution in [1.29, 1.82) is 0 Å². The third-order valence-electron chi connectivity index (χ3n) is 9.34. The fourth-order valence-electron chi connectivity index (χ4n) is 7.38. The summed E-state index contributed by atoms with van der Waals surface area (Å²) in [5, 5.41) is 3.17. The van der Waals surface area contributed by atoms with E-state index in [1.165, 1.54) is 17.7 Å². The minimum atomic E-state index is -1.13. The molecule has 0 spiro atoms. The number of alkyl halides is 2. The lowest BCUT2D eigenvalue weighted by Crippen LogP contribution is -2.57. The summed E-state index contributed by atoms with van der Waals surface area (Å²) in [5.74, 6) is -1.12. The van der Waals surface area contributed by atoms with Gasteiger partial charge in [-0.3, -0.25) is 19.3 Å². The number of nitrogens with one attached hydrogen (secondary N) is 1. The lowest BCUT2D eigenvalue weighted by Gasteiger charge is -2.54. The maximum Gasteiger partial charge on any atom is 0.235 e. The smallest absolute Gasteiger partial charge is 0.235 e. The number of nitrogens with zero attached hydrogens (tertiary/aromatic N) is 1. The van der Waals surface area contributed by atoms with Gasteiger partial charge in [-0.25, -0.2) is 0 Å². The van der Waals surface area contributed by atoms with Crippen LogP contribution in [0.5, 0.6) is 0 Å². The SMILES string of the molecule is CC1CCC(NC(=O)CCCCCN2C(=O)[C@H]3[C@H](C2=O)C2(Cl)c4ccccc4C3(Cl)c3ccccc32)CC1. The molecular formula is C31H34Cl2N2O3. The fraction of sp³-hybridized carbons (Fsp3) is 0.516. The standard InChI is InChI=1S/C31H34Cl2N2O3/c1-19-14-16-20(17-15-19)34-25(36)13-3-2-8-18-35-28(37)26-27(29(35)38)31(33)22-10-5-4-9-21(22)30(26,32)23-11-6-7-12-24(23)31/h4-7,9-12,19-20,26-27H,2-3,8,13-18H2,1H3,(H,34,36)/t19?,20?,26-,27-,30?,31?/m1/s1. The molecule has 2 atom stereocenters. The van der Waals surface area contributed by atoms with E-state index in [2.05, 4.69) is 12.2 Å². The molecule has 0 unspecified atom stereocenters. The van der Waals surface area contributed by atoms with Crippen LogP contribution in [0.15, 0.2) is 48.5 Å². The Labute approximate surface area is 234 Å². The number of rotatable bonds is 7. The summed E-state index contributed by atoms with van der Waals surface area (Å²) in [6.07, 6.45) is 7.09. The van der Waals surface area contributed by atoms with Crippen molar-refractivity contribution in [1.82, 2.24) is 10.2 Å². The van der Waals surface area contributed by atoms with Gasteiger partial charge in [0.1, 0.15) is 9.75 Å². The number of unbranched alkanes of at least 4 members (excludes halogenated alkanes) is 2. The van der Waals surface area contributed by atoms with Crippen molar-refractivity contribution in [3.8, 4) is 0 Å². The number of carbonyl (C=O) groups is 3. The third-order valence-corrected chi connectivity index (χ3v) is 10.6. The van der Waals surface area contributed by atoms with Gasteiger partial charge in [0.05, 0.1) is 11.8 Å². The van der Waals surface area contributed by atoms with Crippen LogP contribution in [0.3, 0.4) is 0 Å². The van der Waals surface area contributed by atoms with Crippen molar-refractivity contribution >= 4 is 40.9 Å². The number of imide groups is 1. The van der Waals surface area contributed by atoms with Crippen LogP contribution in [0.2, 0.25) is 0 Å². The van der Waals surface area contributed by atoms with Crippen LogP contribution in [0.4, 0.5) is 0 Å². The average molecular weight is 554 g/mol. The number of hydrogen-bond donors (Lipinski definition) is 1. The number of halogens is 2. The summed E-state index contributed by atoms with van der Waals surface area (Å²) < 4.78 is 0. The molecule has 0 aromatic heterocycles. The zero-order valence-electron chi connectivity index (χ0n) is 21.7. The molecule has 38 heavy (non-hydrogen) atoms. The molecule has 7 rings (SSSR count). The average Bonchev–Trinajstić information content (AvgIpc) is 3.19. The lowest BCUT2D eigenvalue weighted by atomic mass is 9.54. The van der Waals surface area contributed by atoms with E-state index in [4.69, 9.17) is 23.2 Å². The highest BCUT2D eigenvalue weighted by Gasteiger charge is 2.72. The molecule has 0 radical (unpaired) electrons. The molecule has 5 nitrogen and oxygen atoms in total. The van der Waals surface area contributed by atoms with Crippen LogP contribution in [0.1, 0.15) is 80.5 Å². The first-order valence-corrected chi connectivity index (χ1v) is 14.8. The molecular weight excluding hydrogens is 519 g/mol. The predicted molar refractivity (Wildman–Crippen MR) is 148 cm³/mol. The Morgan fingerprint density at radius 3 is 1.76 bits per heavy atom. The molecule has 1 saturated carbocycles. The molecule has 2 bridgehead atoms. The second-order valence-electron chi connectivity index (χ2n) is 11.6. The largest absolute Gasteiger partial charge is 0.353 e. The minimum Gasteiger partial charge on any atom is -0.353 e. The van der Waals surface area contributed by atoms with Crippen LogP contribution >= 0.6 is 23.2 Å². The Balaban J connectivity index is 1.14. The predicted octanol–water partition coefficient (Wildman–Crippen LogP) is 5.83. The summed E-state index contributed by atoms with van der Waals surface area (Å²) in [4.78, 5) is 39.1. The molecule has 2 aromatic carbocycles. The highest BCUT2D eigenvalue weighted by Crippen LogP contribution is 2.69. The zero-order valence-corrected chi connectivity index (χ0v) is 23.2. The minimum absolute atomic E-state index is 0.101. The van der Waals surface area contributed by atoms with Crippen molar-refractivity contribution in [2.45, 2.75) is 74.1 Å². The van der Waals surface area contributed by atoms with Gasteiger partial charge in [0.15, 0.2) is 0 Å². The van der Waals surface area contributed by atoms with Gasteiger partial charge >= 0.3 is 0 Å². The van der Waals surface area contributed by atoms with Gasteiger partial charge in [0, 0.05) is 19.0 Å². The Morgan fingerprint density at radius 1 is 0.816 bits per heavy atom. The van der Waals surface area contributed by atoms with Crippen molar-refractivity contribution in [3.63, 3.8) is 0 Å². The normalized spacial score (nSPS) is 33.1. The summed E-state index contributed by atoms with van der Waals surface area (Å²) in [6, 6.07) is 15.7. The van der Waals surface area contributed by atoms with Crippen molar-refractivity contribution < 1.29 is 14.4 Å². The molecule has 2 fully saturated rings. The third kappa shape index (κ3) is 3.76. The van der Waals surface area contributed by atoms with E-state index in [0.29, 0.717) is 25.4 Å². The van der Waals surface area contributed by atoms with E-state index >= 15 is 0 Å². The van der Waals surface area contributed by atoms with Crippen LogP contribution < -0.4 is 5.32 Å². The first-order valence-electron chi connectivity index (χ1n) is 14.0. The molecule has 7 heteroatoms. The molecule has 2 aromatic rings. The topological polar surface area (TPSA) is 66.5 Å². The summed E-state index contributed by atoms with van der Waals surface area (Å²) in [7, 11) is 0. The maximum atomic E-state index is 13.8. The van der Waals surface area contributed by atoms with Crippen LogP contribution in [0.25, 0.3) is 0 Å². The molecule has 1 N–H and O–H groups in total. The zero-order chi connectivity index (χ0) is 26.7. The Hall–Kier alpha value is -2.37. The van der Waals surface area contributed by atoms with Gasteiger partial charge < -0.3 is 5.32 Å². The second-order valence-corrected chi connectivity index (χ2v) is 12.8. The number of amides is 3. The lowest BCUT2D eigenvalue weighted by molar-refractivity contribution is -0.140. The molecule has 5 aliphatic rings. The van der Waals surface area contributed by atoms with Crippen molar-refractivity contribution in [3.05, 3.63) is 70.8 Å². The second kappa shape index (κ2) is 9.67. The monoisotopic (exact) mass is 552 g/mol. The van der Waals surface area contributed by atoms with Crippen LogP contribution in [-0.2, 0) is 24.1 Å². The Morgan fingerprint density at radius 2 is 1.29 bits per heavy atom. The van der Waals surface area contributed by atoms with E-state index in [1.54, 1.807) is 0 Å². The molecule has 1 heterocycles. The van der Waals surface area contributed by atoms with E-state index < -0.39 is 21.6 Å². The molecule has 4 aliphatic carbocycles. The molecule has 200 valence electrons. The quantitative estimate of drug-likeness (QED) is 0.266. The fourth-order valence-corrected chi connectivity index (χ4v) is 8.48. The first kappa shape index (κ1) is 25.9. The number of hydrogen-bond acceptors (Lipinski definition) is 3. The van der Waals surface area contributed by atoms with Gasteiger partial charge in [-0.05, 0) is 66.7 Å². The Bertz CT molecular complexity index is 1160. The highest BCUT2D eigenvalue weighted by molar-refractivity contribution is 6.36. The number of benzene rings is 2. The number of likely N-dealkylation sites (tertiary alicyclic amines) is 1. The maximum absolute atomic E-state index is 13.8. The number of carbonyl (C=O) groups excluding carboxylic acids is 3. The first-order chi connectivity index (χ1) is 18.3. The Kier molecular flexibility index (Phi) is 6.59. The summed E-state index contributed by atoms with van der Waals surface area (Å²) in [6.45, 7) is 2.59. The van der Waals surface area contributed by atoms with Gasteiger partial charge in [-0.15, -0.1) is 23.2 Å². The molecule has 1 saturated heterocycles. The van der Waals surface area contributed by atoms with Crippen LogP contribution in [-0.4, -0.2) is 35.2 Å². The summed E-state index contributed by atoms with van der Waals surface area (Å²) >= 11 is 14.9. The van der Waals surface area contributed by atoms with E-state index in [-0.39, 0.29) is 17.7 Å². The van der Waals surface area contributed by atoms with Gasteiger partial charge in [0.2, 0.25) is 17.7 Å². The van der Waals surface area contributed by atoms with Gasteiger partial charge in [-0.2, -0.15) is 0 Å². The molecule has 3 amide bonds. The van der Waals surface area contributed by atoms with Gasteiger partial charge in [-0.1, -0.05) is 61.9 Å². The van der Waals surface area contributed by atoms with Crippen molar-refractivity contribution in [2.24, 2.45) is 17.8 Å². The molecule has 1 aliphatic heterocycles. The summed E-state index contributed by atoms with van der Waals surface area (Å²) in [5.41, 5.74) is 3.27. The van der Waals surface area contributed by atoms with E-state index in [0.717, 1.165) is 53.9 Å². The highest BCUT2D eigenvalue weighted by atomic mass is 35.5. The van der Waals surface area contributed by atoms with E-state index in [9.17, 15) is 14.4 Å².